The highest BCUT2D eigenvalue weighted by Crippen LogP contribution is 2.29. The van der Waals surface area contributed by atoms with Crippen LogP contribution in [0.3, 0.4) is 0 Å². The molecule has 18 heavy (non-hydrogen) atoms. The fourth-order valence-corrected chi connectivity index (χ4v) is 2.93. The van der Waals surface area contributed by atoms with Gasteiger partial charge in [0, 0.05) is 12.6 Å². The van der Waals surface area contributed by atoms with Crippen LogP contribution in [0.25, 0.3) is 0 Å². The van der Waals surface area contributed by atoms with E-state index in [1.807, 2.05) is 6.08 Å². The van der Waals surface area contributed by atoms with Gasteiger partial charge in [0.2, 0.25) is 0 Å². The van der Waals surface area contributed by atoms with E-state index in [9.17, 15) is 4.79 Å². The Balaban J connectivity index is 1.78. The summed E-state index contributed by atoms with van der Waals surface area (Å²) in [5.74, 6) is 0.462. The van der Waals surface area contributed by atoms with Gasteiger partial charge >= 0.3 is 6.09 Å². The summed E-state index contributed by atoms with van der Waals surface area (Å²) in [6, 6.07) is 0.235. The maximum Gasteiger partial charge on any atom is 0.407 e. The molecule has 1 saturated heterocycles. The SMILES string of the molecule is C=CC[C@@H]1CCCCC1OC(=O)N[C@@H]1CCNC1. The van der Waals surface area contributed by atoms with Crippen LogP contribution in [0.4, 0.5) is 4.79 Å². The Morgan fingerprint density at radius 1 is 1.39 bits per heavy atom. The van der Waals surface area contributed by atoms with Crippen LogP contribution in [-0.2, 0) is 4.74 Å². The summed E-state index contributed by atoms with van der Waals surface area (Å²) in [7, 11) is 0. The lowest BCUT2D eigenvalue weighted by molar-refractivity contribution is 0.0368. The van der Waals surface area contributed by atoms with E-state index < -0.39 is 0 Å². The van der Waals surface area contributed by atoms with Gasteiger partial charge in [-0.15, -0.1) is 6.58 Å². The van der Waals surface area contributed by atoms with Crippen molar-refractivity contribution in [2.24, 2.45) is 5.92 Å². The van der Waals surface area contributed by atoms with Crippen LogP contribution >= 0.6 is 0 Å². The Kier molecular flexibility index (Phi) is 5.05. The summed E-state index contributed by atoms with van der Waals surface area (Å²) < 4.78 is 5.59. The first kappa shape index (κ1) is 13.4. The molecule has 2 aliphatic rings. The van der Waals surface area contributed by atoms with E-state index in [0.717, 1.165) is 45.2 Å². The lowest BCUT2D eigenvalue weighted by Crippen LogP contribution is -2.40. The zero-order valence-corrected chi connectivity index (χ0v) is 11.0. The molecule has 0 aromatic rings. The molecule has 1 saturated carbocycles. The van der Waals surface area contributed by atoms with Gasteiger partial charge in [-0.2, -0.15) is 0 Å². The van der Waals surface area contributed by atoms with E-state index in [0.29, 0.717) is 5.92 Å². The number of hydrogen-bond donors (Lipinski definition) is 2. The molecular formula is C14H24N2O2. The third-order valence-corrected chi connectivity index (χ3v) is 3.95. The minimum absolute atomic E-state index is 0.0751. The highest BCUT2D eigenvalue weighted by molar-refractivity contribution is 5.67. The zero-order chi connectivity index (χ0) is 12.8. The quantitative estimate of drug-likeness (QED) is 0.754. The molecule has 1 unspecified atom stereocenters. The Bertz CT molecular complexity index is 288. The van der Waals surface area contributed by atoms with E-state index in [1.54, 1.807) is 0 Å². The average molecular weight is 252 g/mol. The molecule has 1 heterocycles. The van der Waals surface area contributed by atoms with Gasteiger partial charge in [-0.25, -0.2) is 4.79 Å². The summed E-state index contributed by atoms with van der Waals surface area (Å²) in [5.41, 5.74) is 0. The van der Waals surface area contributed by atoms with Crippen LogP contribution in [0, 0.1) is 5.92 Å². The van der Waals surface area contributed by atoms with Crippen LogP contribution in [0.1, 0.15) is 38.5 Å². The molecule has 0 radical (unpaired) electrons. The van der Waals surface area contributed by atoms with E-state index in [4.69, 9.17) is 4.74 Å². The van der Waals surface area contributed by atoms with Gasteiger partial charge in [-0.1, -0.05) is 12.5 Å². The third-order valence-electron chi connectivity index (χ3n) is 3.95. The number of alkyl carbamates (subject to hydrolysis) is 1. The Labute approximate surface area is 109 Å². The van der Waals surface area contributed by atoms with Crippen molar-refractivity contribution in [3.63, 3.8) is 0 Å². The van der Waals surface area contributed by atoms with E-state index in [-0.39, 0.29) is 18.2 Å². The predicted molar refractivity (Wildman–Crippen MR) is 71.5 cm³/mol. The Morgan fingerprint density at radius 3 is 2.94 bits per heavy atom. The normalized spacial score (nSPS) is 31.9. The minimum atomic E-state index is -0.246. The Morgan fingerprint density at radius 2 is 2.22 bits per heavy atom. The number of carbonyl (C=O) groups excluding carboxylic acids is 1. The maximum absolute atomic E-state index is 11.8. The number of carbonyl (C=O) groups is 1. The highest BCUT2D eigenvalue weighted by Gasteiger charge is 2.28. The molecule has 4 heteroatoms. The lowest BCUT2D eigenvalue weighted by Gasteiger charge is -2.30. The second-order valence-corrected chi connectivity index (χ2v) is 5.35. The fourth-order valence-electron chi connectivity index (χ4n) is 2.93. The van der Waals surface area contributed by atoms with Gasteiger partial charge in [0.1, 0.15) is 6.10 Å². The molecule has 1 aliphatic carbocycles. The molecule has 0 bridgehead atoms. The molecule has 4 nitrogen and oxygen atoms in total. The summed E-state index contributed by atoms with van der Waals surface area (Å²) >= 11 is 0. The van der Waals surface area contributed by atoms with Gasteiger partial charge in [0.05, 0.1) is 0 Å². The van der Waals surface area contributed by atoms with Crippen molar-refractivity contribution >= 4 is 6.09 Å². The van der Waals surface area contributed by atoms with Gasteiger partial charge in [-0.05, 0) is 44.6 Å². The second-order valence-electron chi connectivity index (χ2n) is 5.35. The van der Waals surface area contributed by atoms with Crippen LogP contribution in [-0.4, -0.2) is 31.3 Å². The third kappa shape index (κ3) is 3.73. The van der Waals surface area contributed by atoms with Gasteiger partial charge in [0.25, 0.3) is 0 Å². The first-order valence-electron chi connectivity index (χ1n) is 7.08. The largest absolute Gasteiger partial charge is 0.446 e. The minimum Gasteiger partial charge on any atom is -0.446 e. The highest BCUT2D eigenvalue weighted by atomic mass is 16.6. The van der Waals surface area contributed by atoms with Gasteiger partial charge in [0.15, 0.2) is 0 Å². The van der Waals surface area contributed by atoms with E-state index in [1.165, 1.54) is 6.42 Å². The van der Waals surface area contributed by atoms with Crippen molar-refractivity contribution in [2.45, 2.75) is 50.7 Å². The topological polar surface area (TPSA) is 50.4 Å². The van der Waals surface area contributed by atoms with Gasteiger partial charge in [-0.3, -0.25) is 0 Å². The summed E-state index contributed by atoms with van der Waals surface area (Å²) in [4.78, 5) is 11.8. The van der Waals surface area contributed by atoms with Crippen molar-refractivity contribution in [2.75, 3.05) is 13.1 Å². The molecule has 1 amide bonds. The molecule has 0 spiro atoms. The average Bonchev–Trinajstić information content (AvgIpc) is 2.84. The maximum atomic E-state index is 11.8. The van der Waals surface area contributed by atoms with Crippen LogP contribution in [0.2, 0.25) is 0 Å². The number of allylic oxidation sites excluding steroid dienone is 1. The monoisotopic (exact) mass is 252 g/mol. The number of amides is 1. The van der Waals surface area contributed by atoms with Crippen LogP contribution in [0.5, 0.6) is 0 Å². The lowest BCUT2D eigenvalue weighted by atomic mass is 9.84. The van der Waals surface area contributed by atoms with Gasteiger partial charge < -0.3 is 15.4 Å². The van der Waals surface area contributed by atoms with Crippen molar-refractivity contribution < 1.29 is 9.53 Å². The zero-order valence-electron chi connectivity index (χ0n) is 11.0. The molecule has 2 rings (SSSR count). The fraction of sp³-hybridized carbons (Fsp3) is 0.786. The molecule has 0 aromatic heterocycles. The van der Waals surface area contributed by atoms with Crippen molar-refractivity contribution in [3.8, 4) is 0 Å². The second kappa shape index (κ2) is 6.78. The molecule has 2 fully saturated rings. The van der Waals surface area contributed by atoms with E-state index >= 15 is 0 Å². The number of rotatable bonds is 4. The van der Waals surface area contributed by atoms with Crippen molar-refractivity contribution in [1.29, 1.82) is 0 Å². The summed E-state index contributed by atoms with van der Waals surface area (Å²) in [6.45, 7) is 5.62. The van der Waals surface area contributed by atoms with Crippen molar-refractivity contribution in [3.05, 3.63) is 12.7 Å². The standard InChI is InChI=1S/C14H24N2O2/c1-2-5-11-6-3-4-7-13(11)18-14(17)16-12-8-9-15-10-12/h2,11-13,15H,1,3-10H2,(H,16,17)/t11-,12-,13?/m1/s1. The molecule has 1 aliphatic heterocycles. The number of hydrogen-bond acceptors (Lipinski definition) is 3. The molecule has 2 N–H and O–H groups in total. The number of nitrogens with one attached hydrogen (secondary N) is 2. The molecular weight excluding hydrogens is 228 g/mol. The molecule has 0 aromatic carbocycles. The van der Waals surface area contributed by atoms with E-state index in [2.05, 4.69) is 17.2 Å². The molecule has 102 valence electrons. The first-order chi connectivity index (χ1) is 8.79. The van der Waals surface area contributed by atoms with Crippen LogP contribution in [0.15, 0.2) is 12.7 Å². The van der Waals surface area contributed by atoms with Crippen LogP contribution < -0.4 is 10.6 Å². The Hall–Kier alpha value is -1.03. The summed E-state index contributed by atoms with van der Waals surface area (Å²) in [5, 5.41) is 6.17. The smallest absolute Gasteiger partial charge is 0.407 e. The predicted octanol–water partition coefficient (Wildman–Crippen LogP) is 2.21. The summed E-state index contributed by atoms with van der Waals surface area (Å²) in [6.07, 6.45) is 8.26. The van der Waals surface area contributed by atoms with Crippen molar-refractivity contribution in [1.82, 2.24) is 10.6 Å². The first-order valence-corrected chi connectivity index (χ1v) is 7.08. The number of ether oxygens (including phenoxy) is 1. The molecule has 3 atom stereocenters.